The molecule has 3 aromatic rings. The van der Waals surface area contributed by atoms with E-state index in [2.05, 4.69) is 58.8 Å². The van der Waals surface area contributed by atoms with Crippen molar-refractivity contribution < 1.29 is 4.42 Å². The first-order valence-electron chi connectivity index (χ1n) is 7.07. The van der Waals surface area contributed by atoms with E-state index in [0.29, 0.717) is 6.54 Å². The summed E-state index contributed by atoms with van der Waals surface area (Å²) in [4.78, 5) is 4.17. The summed E-state index contributed by atoms with van der Waals surface area (Å²) >= 11 is 0. The summed E-state index contributed by atoms with van der Waals surface area (Å²) in [6.07, 6.45) is 1.74. The molecule has 0 saturated heterocycles. The highest BCUT2D eigenvalue weighted by Gasteiger charge is 2.01. The molecule has 3 heteroatoms. The van der Waals surface area contributed by atoms with Crippen LogP contribution in [0.25, 0.3) is 11.1 Å². The number of aryl methyl sites for hydroxylation is 1. The van der Waals surface area contributed by atoms with Crippen LogP contribution in [0.1, 0.15) is 17.2 Å². The van der Waals surface area contributed by atoms with Crippen LogP contribution in [-0.4, -0.2) is 4.98 Å². The van der Waals surface area contributed by atoms with Crippen molar-refractivity contribution in [3.8, 4) is 11.1 Å². The van der Waals surface area contributed by atoms with Crippen LogP contribution >= 0.6 is 0 Å². The highest BCUT2D eigenvalue weighted by molar-refractivity contribution is 5.63. The van der Waals surface area contributed by atoms with Crippen LogP contribution in [0.2, 0.25) is 0 Å². The molecule has 0 aliphatic carbocycles. The van der Waals surface area contributed by atoms with Crippen molar-refractivity contribution in [1.82, 2.24) is 10.3 Å². The van der Waals surface area contributed by atoms with Gasteiger partial charge in [-0.05, 0) is 23.6 Å². The van der Waals surface area contributed by atoms with Crippen LogP contribution in [-0.2, 0) is 13.1 Å². The van der Waals surface area contributed by atoms with Gasteiger partial charge in [0.15, 0.2) is 0 Å². The van der Waals surface area contributed by atoms with Gasteiger partial charge in [-0.1, -0.05) is 54.6 Å². The molecule has 3 rings (SSSR count). The summed E-state index contributed by atoms with van der Waals surface area (Å²) in [6.45, 7) is 3.35. The SMILES string of the molecule is Cc1cnc(CNCc2ccc(-c3ccccc3)cc2)o1. The van der Waals surface area contributed by atoms with Crippen molar-refractivity contribution in [2.75, 3.05) is 0 Å². The first kappa shape index (κ1) is 13.6. The van der Waals surface area contributed by atoms with Gasteiger partial charge >= 0.3 is 0 Å². The average molecular weight is 278 g/mol. The lowest BCUT2D eigenvalue weighted by molar-refractivity contribution is 0.449. The number of aromatic nitrogens is 1. The maximum atomic E-state index is 5.42. The molecule has 106 valence electrons. The van der Waals surface area contributed by atoms with E-state index in [1.54, 1.807) is 6.20 Å². The Labute approximate surface area is 124 Å². The van der Waals surface area contributed by atoms with Crippen LogP contribution in [0.4, 0.5) is 0 Å². The summed E-state index contributed by atoms with van der Waals surface area (Å²) in [5.74, 6) is 1.58. The van der Waals surface area contributed by atoms with Crippen molar-refractivity contribution in [3.05, 3.63) is 78.0 Å². The van der Waals surface area contributed by atoms with E-state index < -0.39 is 0 Å². The second-order valence-electron chi connectivity index (χ2n) is 5.03. The Morgan fingerprint density at radius 3 is 2.29 bits per heavy atom. The predicted molar refractivity (Wildman–Crippen MR) is 83.7 cm³/mol. The predicted octanol–water partition coefficient (Wildman–Crippen LogP) is 3.94. The van der Waals surface area contributed by atoms with Gasteiger partial charge in [-0.3, -0.25) is 0 Å². The van der Waals surface area contributed by atoms with Crippen LogP contribution in [0.15, 0.2) is 65.2 Å². The lowest BCUT2D eigenvalue weighted by Crippen LogP contribution is -2.12. The molecule has 0 amide bonds. The Morgan fingerprint density at radius 2 is 1.62 bits per heavy atom. The first-order valence-corrected chi connectivity index (χ1v) is 7.07. The van der Waals surface area contributed by atoms with E-state index in [4.69, 9.17) is 4.42 Å². The van der Waals surface area contributed by atoms with E-state index in [1.807, 2.05) is 13.0 Å². The lowest BCUT2D eigenvalue weighted by Gasteiger charge is -2.05. The molecule has 0 spiro atoms. The van der Waals surface area contributed by atoms with Crippen molar-refractivity contribution in [2.24, 2.45) is 0 Å². The van der Waals surface area contributed by atoms with Crippen molar-refractivity contribution in [3.63, 3.8) is 0 Å². The summed E-state index contributed by atoms with van der Waals surface area (Å²) in [5, 5.41) is 3.33. The maximum absolute atomic E-state index is 5.42. The number of benzene rings is 2. The highest BCUT2D eigenvalue weighted by Crippen LogP contribution is 2.19. The van der Waals surface area contributed by atoms with Gasteiger partial charge in [0.05, 0.1) is 12.7 Å². The third-order valence-electron chi connectivity index (χ3n) is 3.34. The topological polar surface area (TPSA) is 38.1 Å². The summed E-state index contributed by atoms with van der Waals surface area (Å²) in [7, 11) is 0. The Kier molecular flexibility index (Phi) is 4.12. The molecule has 0 radical (unpaired) electrons. The number of oxazole rings is 1. The standard InChI is InChI=1S/C18H18N2O/c1-14-11-20-18(21-14)13-19-12-15-7-9-17(10-8-15)16-5-3-2-4-6-16/h2-11,19H,12-13H2,1H3. The Hall–Kier alpha value is -2.39. The molecule has 0 saturated carbocycles. The van der Waals surface area contributed by atoms with Gasteiger partial charge in [0.25, 0.3) is 0 Å². The molecule has 0 unspecified atom stereocenters. The molecule has 0 bridgehead atoms. The minimum atomic E-state index is 0.647. The van der Waals surface area contributed by atoms with Crippen LogP contribution in [0.3, 0.4) is 0 Å². The number of hydrogen-bond acceptors (Lipinski definition) is 3. The minimum Gasteiger partial charge on any atom is -0.445 e. The van der Waals surface area contributed by atoms with E-state index in [0.717, 1.165) is 18.2 Å². The van der Waals surface area contributed by atoms with E-state index in [-0.39, 0.29) is 0 Å². The molecule has 0 atom stereocenters. The van der Waals surface area contributed by atoms with E-state index >= 15 is 0 Å². The molecule has 3 nitrogen and oxygen atoms in total. The zero-order valence-electron chi connectivity index (χ0n) is 12.0. The van der Waals surface area contributed by atoms with Crippen LogP contribution < -0.4 is 5.32 Å². The van der Waals surface area contributed by atoms with Gasteiger partial charge in [-0.2, -0.15) is 0 Å². The Balaban J connectivity index is 1.57. The number of nitrogens with one attached hydrogen (secondary N) is 1. The monoisotopic (exact) mass is 278 g/mol. The molecule has 0 aliphatic rings. The number of rotatable bonds is 5. The number of hydrogen-bond donors (Lipinski definition) is 1. The lowest BCUT2D eigenvalue weighted by atomic mass is 10.0. The van der Waals surface area contributed by atoms with Crippen LogP contribution in [0, 0.1) is 6.92 Å². The van der Waals surface area contributed by atoms with Crippen LogP contribution in [0.5, 0.6) is 0 Å². The van der Waals surface area contributed by atoms with Gasteiger partial charge in [0, 0.05) is 6.54 Å². The molecule has 1 heterocycles. The zero-order chi connectivity index (χ0) is 14.5. The molecule has 21 heavy (non-hydrogen) atoms. The summed E-state index contributed by atoms with van der Waals surface area (Å²) < 4.78 is 5.42. The second kappa shape index (κ2) is 6.37. The molecule has 2 aromatic carbocycles. The van der Waals surface area contributed by atoms with Gasteiger partial charge in [-0.25, -0.2) is 4.98 Å². The zero-order valence-corrected chi connectivity index (χ0v) is 12.0. The Bertz CT molecular complexity index is 687. The normalized spacial score (nSPS) is 10.7. The van der Waals surface area contributed by atoms with Crippen molar-refractivity contribution >= 4 is 0 Å². The molecule has 1 N–H and O–H groups in total. The van der Waals surface area contributed by atoms with Crippen molar-refractivity contribution in [1.29, 1.82) is 0 Å². The fourth-order valence-corrected chi connectivity index (χ4v) is 2.24. The van der Waals surface area contributed by atoms with E-state index in [9.17, 15) is 0 Å². The van der Waals surface area contributed by atoms with Gasteiger partial charge in [0.2, 0.25) is 5.89 Å². The summed E-state index contributed by atoms with van der Waals surface area (Å²) in [5.41, 5.74) is 3.73. The Morgan fingerprint density at radius 1 is 0.905 bits per heavy atom. The third kappa shape index (κ3) is 3.58. The smallest absolute Gasteiger partial charge is 0.208 e. The quantitative estimate of drug-likeness (QED) is 0.768. The largest absolute Gasteiger partial charge is 0.445 e. The fourth-order valence-electron chi connectivity index (χ4n) is 2.24. The molecule has 1 aromatic heterocycles. The molecular weight excluding hydrogens is 260 g/mol. The maximum Gasteiger partial charge on any atom is 0.208 e. The fraction of sp³-hybridized carbons (Fsp3) is 0.167. The third-order valence-corrected chi connectivity index (χ3v) is 3.34. The van der Waals surface area contributed by atoms with Gasteiger partial charge < -0.3 is 9.73 Å². The van der Waals surface area contributed by atoms with Crippen molar-refractivity contribution in [2.45, 2.75) is 20.0 Å². The van der Waals surface area contributed by atoms with Gasteiger partial charge in [-0.15, -0.1) is 0 Å². The number of nitrogens with zero attached hydrogens (tertiary/aromatic N) is 1. The first-order chi connectivity index (χ1) is 10.3. The van der Waals surface area contributed by atoms with Gasteiger partial charge in [0.1, 0.15) is 5.76 Å². The minimum absolute atomic E-state index is 0.647. The average Bonchev–Trinajstić information content (AvgIpc) is 2.94. The molecule has 0 aliphatic heterocycles. The second-order valence-corrected chi connectivity index (χ2v) is 5.03. The molecular formula is C18H18N2O. The molecule has 0 fully saturated rings. The van der Waals surface area contributed by atoms with E-state index in [1.165, 1.54) is 16.7 Å². The highest BCUT2D eigenvalue weighted by atomic mass is 16.4. The summed E-state index contributed by atoms with van der Waals surface area (Å²) in [6, 6.07) is 19.0.